The maximum absolute atomic E-state index is 11.7. The molecule has 1 fully saturated rings. The Kier molecular flexibility index (Phi) is 6.08. The molecule has 1 heterocycles. The molecule has 1 rings (SSSR count). The van der Waals surface area contributed by atoms with Crippen molar-refractivity contribution in [3.8, 4) is 0 Å². The summed E-state index contributed by atoms with van der Waals surface area (Å²) in [6, 6.07) is -0.0695. The summed E-state index contributed by atoms with van der Waals surface area (Å²) < 4.78 is 0. The number of carboxylic acids is 1. The molecule has 1 aliphatic heterocycles. The molecule has 0 aromatic heterocycles. The summed E-state index contributed by atoms with van der Waals surface area (Å²) in [4.78, 5) is 24.9. The van der Waals surface area contributed by atoms with Gasteiger partial charge in [-0.25, -0.2) is 4.79 Å². The molecule has 19 heavy (non-hydrogen) atoms. The summed E-state index contributed by atoms with van der Waals surface area (Å²) in [5.74, 6) is -1.40. The van der Waals surface area contributed by atoms with Gasteiger partial charge in [0.05, 0.1) is 5.92 Å². The number of piperidine rings is 1. The zero-order valence-corrected chi connectivity index (χ0v) is 12.0. The molecule has 0 saturated carbocycles. The number of nitrogens with one attached hydrogen (secondary N) is 2. The second-order valence-electron chi connectivity index (χ2n) is 5.62. The Morgan fingerprint density at radius 2 is 1.89 bits per heavy atom. The highest BCUT2D eigenvalue weighted by molar-refractivity contribution is 5.76. The van der Waals surface area contributed by atoms with Crippen LogP contribution < -0.4 is 10.6 Å². The Labute approximate surface area is 114 Å². The zero-order chi connectivity index (χ0) is 14.4. The Balaban J connectivity index is 2.29. The lowest BCUT2D eigenvalue weighted by Gasteiger charge is -2.29. The van der Waals surface area contributed by atoms with E-state index in [4.69, 9.17) is 5.11 Å². The molecular formula is C13H25N3O3. The number of carbonyl (C=O) groups excluding carboxylic acids is 1. The molecule has 3 N–H and O–H groups in total. The molecule has 1 unspecified atom stereocenters. The highest BCUT2D eigenvalue weighted by Crippen LogP contribution is 2.10. The quantitative estimate of drug-likeness (QED) is 0.689. The fraction of sp³-hybridized carbons (Fsp3) is 0.846. The molecule has 0 radical (unpaired) electrons. The molecule has 110 valence electrons. The van der Waals surface area contributed by atoms with Gasteiger partial charge in [0.1, 0.15) is 0 Å². The van der Waals surface area contributed by atoms with Crippen LogP contribution in [0, 0.1) is 11.8 Å². The summed E-state index contributed by atoms with van der Waals surface area (Å²) in [7, 11) is 2.07. The minimum atomic E-state index is -0.866. The normalized spacial score (nSPS) is 19.2. The molecule has 2 amide bonds. The average Bonchev–Trinajstić information content (AvgIpc) is 2.31. The number of likely N-dealkylation sites (tertiary alicyclic amines) is 1. The molecule has 6 nitrogen and oxygen atoms in total. The number of carbonyl (C=O) groups is 2. The van der Waals surface area contributed by atoms with Crippen molar-refractivity contribution in [2.24, 2.45) is 11.8 Å². The third kappa shape index (κ3) is 5.46. The van der Waals surface area contributed by atoms with Crippen molar-refractivity contribution >= 4 is 12.0 Å². The number of carboxylic acid groups (broad SMARTS) is 1. The molecular weight excluding hydrogens is 246 g/mol. The second kappa shape index (κ2) is 7.33. The fourth-order valence-electron chi connectivity index (χ4n) is 2.20. The monoisotopic (exact) mass is 271 g/mol. The van der Waals surface area contributed by atoms with Gasteiger partial charge in [0.15, 0.2) is 0 Å². The number of nitrogens with zero attached hydrogens (tertiary/aromatic N) is 1. The van der Waals surface area contributed by atoms with Gasteiger partial charge in [-0.1, -0.05) is 13.8 Å². The van der Waals surface area contributed by atoms with Crippen LogP contribution in [0.1, 0.15) is 26.7 Å². The summed E-state index contributed by atoms with van der Waals surface area (Å²) in [6.07, 6.45) is 1.88. The van der Waals surface area contributed by atoms with E-state index in [2.05, 4.69) is 22.6 Å². The maximum atomic E-state index is 11.7. The minimum Gasteiger partial charge on any atom is -0.481 e. The van der Waals surface area contributed by atoms with Crippen LogP contribution in [-0.2, 0) is 4.79 Å². The van der Waals surface area contributed by atoms with E-state index in [0.29, 0.717) is 0 Å². The first kappa shape index (κ1) is 15.8. The van der Waals surface area contributed by atoms with Crippen molar-refractivity contribution in [2.45, 2.75) is 32.7 Å². The number of aliphatic carboxylic acids is 1. The SMILES string of the molecule is CC(C)C(CNC(=O)NC1CCN(C)CC1)C(=O)O. The number of amides is 2. The molecule has 1 saturated heterocycles. The van der Waals surface area contributed by atoms with Gasteiger partial charge >= 0.3 is 12.0 Å². The molecule has 0 aromatic rings. The molecule has 0 aromatic carbocycles. The van der Waals surface area contributed by atoms with E-state index >= 15 is 0 Å². The average molecular weight is 271 g/mol. The van der Waals surface area contributed by atoms with Gasteiger partial charge in [-0.15, -0.1) is 0 Å². The van der Waals surface area contributed by atoms with Crippen molar-refractivity contribution < 1.29 is 14.7 Å². The lowest BCUT2D eigenvalue weighted by molar-refractivity contribution is -0.142. The van der Waals surface area contributed by atoms with Gasteiger partial charge in [0.25, 0.3) is 0 Å². The molecule has 0 aliphatic carbocycles. The Morgan fingerprint density at radius 1 is 1.32 bits per heavy atom. The van der Waals surface area contributed by atoms with Crippen molar-refractivity contribution in [1.82, 2.24) is 15.5 Å². The molecule has 1 atom stereocenters. The first-order chi connectivity index (χ1) is 8.90. The fourth-order valence-corrected chi connectivity index (χ4v) is 2.20. The third-order valence-corrected chi connectivity index (χ3v) is 3.66. The molecule has 0 bridgehead atoms. The predicted molar refractivity (Wildman–Crippen MR) is 73.0 cm³/mol. The van der Waals surface area contributed by atoms with Crippen LogP contribution in [0.4, 0.5) is 4.79 Å². The maximum Gasteiger partial charge on any atom is 0.315 e. The molecule has 6 heteroatoms. The lowest BCUT2D eigenvalue weighted by Crippen LogP contribution is -2.48. The van der Waals surface area contributed by atoms with E-state index in [-0.39, 0.29) is 24.5 Å². The summed E-state index contributed by atoms with van der Waals surface area (Å²) >= 11 is 0. The van der Waals surface area contributed by atoms with Crippen LogP contribution in [0.25, 0.3) is 0 Å². The van der Waals surface area contributed by atoms with Gasteiger partial charge in [0, 0.05) is 12.6 Å². The van der Waals surface area contributed by atoms with E-state index in [1.165, 1.54) is 0 Å². The van der Waals surface area contributed by atoms with Gasteiger partial charge < -0.3 is 20.6 Å². The first-order valence-electron chi connectivity index (χ1n) is 6.86. The van der Waals surface area contributed by atoms with Crippen molar-refractivity contribution in [1.29, 1.82) is 0 Å². The highest BCUT2D eigenvalue weighted by Gasteiger charge is 2.23. The highest BCUT2D eigenvalue weighted by atomic mass is 16.4. The number of urea groups is 1. The summed E-state index contributed by atoms with van der Waals surface area (Å²) in [5.41, 5.74) is 0. The summed E-state index contributed by atoms with van der Waals surface area (Å²) in [5, 5.41) is 14.6. The van der Waals surface area contributed by atoms with E-state index < -0.39 is 11.9 Å². The predicted octanol–water partition coefficient (Wildman–Crippen LogP) is 0.737. The first-order valence-corrected chi connectivity index (χ1v) is 6.86. The van der Waals surface area contributed by atoms with E-state index in [0.717, 1.165) is 25.9 Å². The topological polar surface area (TPSA) is 81.7 Å². The van der Waals surface area contributed by atoms with E-state index in [1.807, 2.05) is 13.8 Å². The zero-order valence-electron chi connectivity index (χ0n) is 12.0. The minimum absolute atomic E-state index is 0.00105. The number of rotatable bonds is 5. The van der Waals surface area contributed by atoms with Crippen LogP contribution in [0.3, 0.4) is 0 Å². The number of hydrogen-bond donors (Lipinski definition) is 3. The Morgan fingerprint density at radius 3 is 2.37 bits per heavy atom. The standard InChI is InChI=1S/C13H25N3O3/c1-9(2)11(12(17)18)8-14-13(19)15-10-4-6-16(3)7-5-10/h9-11H,4-8H2,1-3H3,(H,17,18)(H2,14,15,19). The van der Waals surface area contributed by atoms with Crippen LogP contribution in [0.5, 0.6) is 0 Å². The largest absolute Gasteiger partial charge is 0.481 e. The van der Waals surface area contributed by atoms with Crippen molar-refractivity contribution in [2.75, 3.05) is 26.7 Å². The molecule has 1 aliphatic rings. The van der Waals surface area contributed by atoms with Crippen LogP contribution in [0.2, 0.25) is 0 Å². The number of hydrogen-bond acceptors (Lipinski definition) is 3. The van der Waals surface area contributed by atoms with Gasteiger partial charge in [-0.2, -0.15) is 0 Å². The van der Waals surface area contributed by atoms with Gasteiger partial charge in [-0.3, -0.25) is 4.79 Å². The van der Waals surface area contributed by atoms with Crippen LogP contribution in [-0.4, -0.2) is 54.7 Å². The van der Waals surface area contributed by atoms with E-state index in [1.54, 1.807) is 0 Å². The smallest absolute Gasteiger partial charge is 0.315 e. The third-order valence-electron chi connectivity index (χ3n) is 3.66. The van der Waals surface area contributed by atoms with E-state index in [9.17, 15) is 9.59 Å². The van der Waals surface area contributed by atoms with Crippen LogP contribution >= 0.6 is 0 Å². The van der Waals surface area contributed by atoms with Crippen LogP contribution in [0.15, 0.2) is 0 Å². The van der Waals surface area contributed by atoms with Crippen molar-refractivity contribution in [3.05, 3.63) is 0 Å². The Hall–Kier alpha value is -1.30. The van der Waals surface area contributed by atoms with Gasteiger partial charge in [0.2, 0.25) is 0 Å². The molecule has 0 spiro atoms. The Bertz CT molecular complexity index is 312. The lowest BCUT2D eigenvalue weighted by atomic mass is 9.96. The van der Waals surface area contributed by atoms with Gasteiger partial charge in [-0.05, 0) is 38.9 Å². The summed E-state index contributed by atoms with van der Waals surface area (Å²) in [6.45, 7) is 5.82. The van der Waals surface area contributed by atoms with Crippen molar-refractivity contribution in [3.63, 3.8) is 0 Å². The second-order valence-corrected chi connectivity index (χ2v) is 5.62.